The van der Waals surface area contributed by atoms with Crippen LogP contribution >= 0.6 is 0 Å². The lowest BCUT2D eigenvalue weighted by Gasteiger charge is -2.15. The molecule has 1 aliphatic heterocycles. The van der Waals surface area contributed by atoms with E-state index in [-0.39, 0.29) is 5.56 Å². The van der Waals surface area contributed by atoms with Gasteiger partial charge in [-0.15, -0.1) is 0 Å². The summed E-state index contributed by atoms with van der Waals surface area (Å²) in [6.45, 7) is 0.914. The highest BCUT2D eigenvalue weighted by molar-refractivity contribution is 7.87. The van der Waals surface area contributed by atoms with E-state index >= 15 is 0 Å². The molecule has 0 saturated carbocycles. The first-order valence-electron chi connectivity index (χ1n) is 6.73. The van der Waals surface area contributed by atoms with Crippen LogP contribution in [0.5, 0.6) is 0 Å². The summed E-state index contributed by atoms with van der Waals surface area (Å²) < 4.78 is 27.5. The number of para-hydroxylation sites is 1. The van der Waals surface area contributed by atoms with Gasteiger partial charge in [0.2, 0.25) is 0 Å². The third-order valence-corrected chi connectivity index (χ3v) is 4.97. The van der Waals surface area contributed by atoms with Gasteiger partial charge in [0.15, 0.2) is 0 Å². The Morgan fingerprint density at radius 1 is 1.19 bits per heavy atom. The zero-order valence-corrected chi connectivity index (χ0v) is 12.1. The van der Waals surface area contributed by atoms with Gasteiger partial charge in [-0.2, -0.15) is 12.7 Å². The van der Waals surface area contributed by atoms with E-state index in [0.717, 1.165) is 23.7 Å². The van der Waals surface area contributed by atoms with Crippen molar-refractivity contribution in [2.24, 2.45) is 0 Å². The van der Waals surface area contributed by atoms with E-state index in [9.17, 15) is 13.2 Å². The van der Waals surface area contributed by atoms with Gasteiger partial charge in [0.25, 0.3) is 5.91 Å². The van der Waals surface area contributed by atoms with Crippen molar-refractivity contribution in [3.63, 3.8) is 0 Å². The topological polar surface area (TPSA) is 79.4 Å². The number of rotatable bonds is 3. The molecule has 1 aromatic heterocycles. The Bertz CT molecular complexity index is 783. The molecule has 1 N–H and O–H groups in total. The number of aromatic nitrogens is 1. The van der Waals surface area contributed by atoms with Gasteiger partial charge in [0.1, 0.15) is 0 Å². The van der Waals surface area contributed by atoms with E-state index in [1.165, 1.54) is 10.5 Å². The van der Waals surface area contributed by atoms with Gasteiger partial charge >= 0.3 is 10.2 Å². The monoisotopic (exact) mass is 305 g/mol. The standard InChI is InChI=1S/C14H15N3O3S/c18-14(16-21(19,20)17-7-3-4-8-17)12-9-11-5-1-2-6-13(11)15-10-12/h1-2,5-6,9-10H,3-4,7-8H2,(H,16,18). The number of pyridine rings is 1. The molecule has 0 spiro atoms. The van der Waals surface area contributed by atoms with Gasteiger partial charge in [0, 0.05) is 24.7 Å². The first kappa shape index (κ1) is 14.0. The smallest absolute Gasteiger partial charge is 0.268 e. The third kappa shape index (κ3) is 2.88. The second-order valence-electron chi connectivity index (χ2n) is 4.96. The second kappa shape index (κ2) is 5.42. The molecule has 0 aliphatic carbocycles. The molecule has 1 aliphatic rings. The van der Waals surface area contributed by atoms with Crippen LogP contribution in [0.2, 0.25) is 0 Å². The largest absolute Gasteiger partial charge is 0.304 e. The molecule has 0 radical (unpaired) electrons. The van der Waals surface area contributed by atoms with Gasteiger partial charge in [-0.05, 0) is 25.0 Å². The van der Waals surface area contributed by atoms with Gasteiger partial charge in [-0.25, -0.2) is 4.72 Å². The molecule has 7 heteroatoms. The minimum absolute atomic E-state index is 0.233. The highest BCUT2D eigenvalue weighted by Gasteiger charge is 2.27. The average Bonchev–Trinajstić information content (AvgIpc) is 3.01. The number of fused-ring (bicyclic) bond motifs is 1. The van der Waals surface area contributed by atoms with Crippen LogP contribution in [0.4, 0.5) is 0 Å². The Kier molecular flexibility index (Phi) is 3.60. The van der Waals surface area contributed by atoms with Crippen LogP contribution in [-0.2, 0) is 10.2 Å². The van der Waals surface area contributed by atoms with Crippen LogP contribution in [0.1, 0.15) is 23.2 Å². The summed E-state index contributed by atoms with van der Waals surface area (Å²) in [5, 5.41) is 0.795. The molecule has 3 rings (SSSR count). The van der Waals surface area contributed by atoms with Crippen molar-refractivity contribution in [3.05, 3.63) is 42.1 Å². The third-order valence-electron chi connectivity index (χ3n) is 3.48. The zero-order chi connectivity index (χ0) is 14.9. The molecule has 21 heavy (non-hydrogen) atoms. The summed E-state index contributed by atoms with van der Waals surface area (Å²) in [5.74, 6) is -0.653. The van der Waals surface area contributed by atoms with Gasteiger partial charge in [-0.1, -0.05) is 18.2 Å². The Hall–Kier alpha value is -1.99. The lowest BCUT2D eigenvalue weighted by molar-refractivity contribution is 0.0979. The predicted octanol–water partition coefficient (Wildman–Crippen LogP) is 1.31. The number of hydrogen-bond donors (Lipinski definition) is 1. The number of carbonyl (C=O) groups is 1. The summed E-state index contributed by atoms with van der Waals surface area (Å²) in [6, 6.07) is 8.99. The molecular weight excluding hydrogens is 290 g/mol. The van der Waals surface area contributed by atoms with E-state index in [4.69, 9.17) is 0 Å². The molecule has 0 bridgehead atoms. The average molecular weight is 305 g/mol. The molecule has 2 heterocycles. The van der Waals surface area contributed by atoms with Gasteiger partial charge < -0.3 is 0 Å². The molecular formula is C14H15N3O3S. The highest BCUT2D eigenvalue weighted by atomic mass is 32.2. The van der Waals surface area contributed by atoms with Crippen LogP contribution in [0, 0.1) is 0 Å². The van der Waals surface area contributed by atoms with Crippen LogP contribution in [0.15, 0.2) is 36.5 Å². The molecule has 1 aromatic carbocycles. The number of nitrogens with zero attached hydrogens (tertiary/aromatic N) is 2. The molecule has 6 nitrogen and oxygen atoms in total. The summed E-state index contributed by atoms with van der Waals surface area (Å²) in [5.41, 5.74) is 0.993. The van der Waals surface area contributed by atoms with Crippen molar-refractivity contribution in [2.45, 2.75) is 12.8 Å². The Labute approximate surface area is 123 Å². The Morgan fingerprint density at radius 3 is 2.67 bits per heavy atom. The SMILES string of the molecule is O=C(NS(=O)(=O)N1CCCC1)c1cnc2ccccc2c1. The maximum Gasteiger partial charge on any atom is 0.304 e. The molecule has 0 atom stereocenters. The van der Waals surface area contributed by atoms with Crippen LogP contribution in [0.3, 0.4) is 0 Å². The number of amides is 1. The van der Waals surface area contributed by atoms with Crippen molar-refractivity contribution in [1.29, 1.82) is 0 Å². The highest BCUT2D eigenvalue weighted by Crippen LogP contribution is 2.14. The normalized spacial score (nSPS) is 16.2. The Morgan fingerprint density at radius 2 is 1.90 bits per heavy atom. The lowest BCUT2D eigenvalue weighted by Crippen LogP contribution is -2.42. The van der Waals surface area contributed by atoms with Crippen molar-refractivity contribution < 1.29 is 13.2 Å². The van der Waals surface area contributed by atoms with Gasteiger partial charge in [-0.3, -0.25) is 9.78 Å². The van der Waals surface area contributed by atoms with Crippen molar-refractivity contribution in [3.8, 4) is 0 Å². The van der Waals surface area contributed by atoms with Crippen molar-refractivity contribution >= 4 is 27.0 Å². The molecule has 1 amide bonds. The minimum atomic E-state index is -3.75. The lowest BCUT2D eigenvalue weighted by atomic mass is 10.1. The molecule has 2 aromatic rings. The van der Waals surface area contributed by atoms with Gasteiger partial charge in [0.05, 0.1) is 11.1 Å². The molecule has 1 saturated heterocycles. The van der Waals surface area contributed by atoms with E-state index in [1.54, 1.807) is 6.07 Å². The summed E-state index contributed by atoms with van der Waals surface area (Å²) in [7, 11) is -3.75. The number of carbonyl (C=O) groups excluding carboxylic acids is 1. The van der Waals surface area contributed by atoms with Crippen LogP contribution < -0.4 is 4.72 Å². The number of hydrogen-bond acceptors (Lipinski definition) is 4. The maximum atomic E-state index is 12.1. The second-order valence-corrected chi connectivity index (χ2v) is 6.63. The quantitative estimate of drug-likeness (QED) is 0.927. The van der Waals surface area contributed by atoms with Crippen LogP contribution in [0.25, 0.3) is 10.9 Å². The summed E-state index contributed by atoms with van der Waals surface area (Å²) >= 11 is 0. The zero-order valence-electron chi connectivity index (χ0n) is 11.3. The van der Waals surface area contributed by atoms with E-state index in [2.05, 4.69) is 9.71 Å². The van der Waals surface area contributed by atoms with E-state index < -0.39 is 16.1 Å². The predicted molar refractivity (Wildman–Crippen MR) is 78.9 cm³/mol. The minimum Gasteiger partial charge on any atom is -0.268 e. The summed E-state index contributed by atoms with van der Waals surface area (Å²) in [6.07, 6.45) is 3.04. The fraction of sp³-hybridized carbons (Fsp3) is 0.286. The molecule has 1 fully saturated rings. The number of nitrogens with one attached hydrogen (secondary N) is 1. The van der Waals surface area contributed by atoms with Crippen molar-refractivity contribution in [2.75, 3.05) is 13.1 Å². The molecule has 0 unspecified atom stereocenters. The number of benzene rings is 1. The Balaban J connectivity index is 1.83. The summed E-state index contributed by atoms with van der Waals surface area (Å²) in [4.78, 5) is 16.3. The first-order valence-corrected chi connectivity index (χ1v) is 8.17. The maximum absolute atomic E-state index is 12.1. The van der Waals surface area contributed by atoms with Crippen LogP contribution in [-0.4, -0.2) is 36.7 Å². The molecule has 110 valence electrons. The fourth-order valence-electron chi connectivity index (χ4n) is 2.36. The fourth-order valence-corrected chi connectivity index (χ4v) is 3.58. The first-order chi connectivity index (χ1) is 10.1. The van der Waals surface area contributed by atoms with E-state index in [0.29, 0.717) is 13.1 Å². The van der Waals surface area contributed by atoms with E-state index in [1.807, 2.05) is 24.3 Å². The van der Waals surface area contributed by atoms with Crippen molar-refractivity contribution in [1.82, 2.24) is 14.0 Å².